The predicted octanol–water partition coefficient (Wildman–Crippen LogP) is 3.93. The van der Waals surface area contributed by atoms with Crippen LogP contribution in [0.3, 0.4) is 0 Å². The van der Waals surface area contributed by atoms with Crippen molar-refractivity contribution >= 4 is 45.2 Å². The first-order valence-electron chi connectivity index (χ1n) is 6.79. The maximum Gasteiger partial charge on any atom is 0.411 e. The summed E-state index contributed by atoms with van der Waals surface area (Å²) in [6.45, 7) is 0. The van der Waals surface area contributed by atoms with Gasteiger partial charge in [0.1, 0.15) is 0 Å². The zero-order chi connectivity index (χ0) is 17.6. The quantitative estimate of drug-likeness (QED) is 0.839. The summed E-state index contributed by atoms with van der Waals surface area (Å²) >= 11 is 5.77. The third-order valence-electron chi connectivity index (χ3n) is 2.89. The summed E-state index contributed by atoms with van der Waals surface area (Å²) < 4.78 is 30.9. The number of carbonyl (C=O) groups is 1. The molecule has 0 aliphatic rings. The minimum atomic E-state index is -3.66. The number of sulfonamides is 1. The molecular formula is C16H15ClN2O4S. The highest BCUT2D eigenvalue weighted by molar-refractivity contribution is 7.95. The number of anilines is 2. The van der Waals surface area contributed by atoms with E-state index >= 15 is 0 Å². The van der Waals surface area contributed by atoms with Gasteiger partial charge in [-0.05, 0) is 48.0 Å². The maximum absolute atomic E-state index is 12.0. The molecule has 1 amide bonds. The second-order valence-electron chi connectivity index (χ2n) is 4.70. The Hall–Kier alpha value is -2.51. The van der Waals surface area contributed by atoms with E-state index in [1.165, 1.54) is 25.3 Å². The molecule has 126 valence electrons. The molecule has 0 aliphatic heterocycles. The fourth-order valence-electron chi connectivity index (χ4n) is 1.73. The lowest BCUT2D eigenvalue weighted by Gasteiger charge is -2.07. The van der Waals surface area contributed by atoms with Crippen LogP contribution in [0.5, 0.6) is 0 Å². The molecule has 2 aromatic rings. The van der Waals surface area contributed by atoms with E-state index in [0.717, 1.165) is 5.41 Å². The minimum absolute atomic E-state index is 0.367. The van der Waals surface area contributed by atoms with E-state index in [9.17, 15) is 13.2 Å². The lowest BCUT2D eigenvalue weighted by Crippen LogP contribution is -2.11. The van der Waals surface area contributed by atoms with Gasteiger partial charge in [-0.15, -0.1) is 0 Å². The highest BCUT2D eigenvalue weighted by Crippen LogP contribution is 2.16. The fraction of sp³-hybridized carbons (Fsp3) is 0.0625. The molecule has 0 heterocycles. The Bertz CT molecular complexity index is 831. The Kier molecular flexibility index (Phi) is 5.83. The van der Waals surface area contributed by atoms with Crippen molar-refractivity contribution in [3.05, 3.63) is 64.5 Å². The molecule has 24 heavy (non-hydrogen) atoms. The van der Waals surface area contributed by atoms with Gasteiger partial charge in [-0.3, -0.25) is 10.0 Å². The Morgan fingerprint density at radius 2 is 1.62 bits per heavy atom. The summed E-state index contributed by atoms with van der Waals surface area (Å²) in [5.74, 6) is 0. The van der Waals surface area contributed by atoms with Gasteiger partial charge in [0.05, 0.1) is 12.5 Å². The summed E-state index contributed by atoms with van der Waals surface area (Å²) in [5, 5.41) is 4.11. The number of hydrogen-bond donors (Lipinski definition) is 2. The van der Waals surface area contributed by atoms with Crippen LogP contribution in [-0.2, 0) is 14.8 Å². The van der Waals surface area contributed by atoms with E-state index in [1.54, 1.807) is 36.4 Å². The molecule has 2 aromatic carbocycles. The van der Waals surface area contributed by atoms with Gasteiger partial charge < -0.3 is 4.74 Å². The van der Waals surface area contributed by atoms with Gasteiger partial charge in [-0.25, -0.2) is 13.2 Å². The number of nitrogens with one attached hydrogen (secondary N) is 2. The molecule has 0 saturated heterocycles. The lowest BCUT2D eigenvalue weighted by molar-refractivity contribution is 0.187. The van der Waals surface area contributed by atoms with Crippen LogP contribution in [-0.4, -0.2) is 21.6 Å². The molecule has 2 N–H and O–H groups in total. The fourth-order valence-corrected chi connectivity index (χ4v) is 2.73. The largest absolute Gasteiger partial charge is 0.453 e. The number of methoxy groups -OCH3 is 1. The van der Waals surface area contributed by atoms with Crippen molar-refractivity contribution in [2.75, 3.05) is 17.1 Å². The molecule has 0 atom stereocenters. The van der Waals surface area contributed by atoms with Crippen molar-refractivity contribution in [1.29, 1.82) is 0 Å². The van der Waals surface area contributed by atoms with E-state index in [2.05, 4.69) is 14.8 Å². The van der Waals surface area contributed by atoms with Crippen molar-refractivity contribution in [3.63, 3.8) is 0 Å². The Labute approximate surface area is 145 Å². The Balaban J connectivity index is 2.03. The number of ether oxygens (including phenoxy) is 1. The number of benzene rings is 2. The van der Waals surface area contributed by atoms with Gasteiger partial charge in [0.25, 0.3) is 10.0 Å². The van der Waals surface area contributed by atoms with Crippen LogP contribution in [0.1, 0.15) is 5.56 Å². The van der Waals surface area contributed by atoms with Gasteiger partial charge in [0.2, 0.25) is 0 Å². The van der Waals surface area contributed by atoms with E-state index < -0.39 is 16.1 Å². The van der Waals surface area contributed by atoms with Crippen molar-refractivity contribution in [2.24, 2.45) is 0 Å². The molecule has 0 unspecified atom stereocenters. The van der Waals surface area contributed by atoms with E-state index in [1.807, 2.05) is 0 Å². The van der Waals surface area contributed by atoms with Crippen molar-refractivity contribution in [1.82, 2.24) is 0 Å². The van der Waals surface area contributed by atoms with Crippen LogP contribution in [0.15, 0.2) is 53.9 Å². The number of rotatable bonds is 5. The van der Waals surface area contributed by atoms with E-state index in [-0.39, 0.29) is 0 Å². The first kappa shape index (κ1) is 17.8. The molecule has 8 heteroatoms. The van der Waals surface area contributed by atoms with Crippen LogP contribution >= 0.6 is 11.6 Å². The smallest absolute Gasteiger partial charge is 0.411 e. The molecule has 0 spiro atoms. The van der Waals surface area contributed by atoms with Crippen molar-refractivity contribution in [3.8, 4) is 0 Å². The van der Waals surface area contributed by atoms with Gasteiger partial charge in [0, 0.05) is 16.4 Å². The zero-order valence-corrected chi connectivity index (χ0v) is 14.3. The summed E-state index contributed by atoms with van der Waals surface area (Å²) in [5.41, 5.74) is 1.56. The highest BCUT2D eigenvalue weighted by Gasteiger charge is 2.06. The monoisotopic (exact) mass is 366 g/mol. The number of hydrogen-bond acceptors (Lipinski definition) is 4. The summed E-state index contributed by atoms with van der Waals surface area (Å²) in [6.07, 6.45) is 0.862. The summed E-state index contributed by atoms with van der Waals surface area (Å²) in [4.78, 5) is 11.1. The summed E-state index contributed by atoms with van der Waals surface area (Å²) in [7, 11) is -2.40. The van der Waals surface area contributed by atoms with Gasteiger partial charge in [-0.1, -0.05) is 23.7 Å². The number of carbonyl (C=O) groups excluding carboxylic acids is 1. The van der Waals surface area contributed by atoms with Gasteiger partial charge in [0.15, 0.2) is 0 Å². The van der Waals surface area contributed by atoms with Crippen molar-refractivity contribution in [2.45, 2.75) is 0 Å². The highest BCUT2D eigenvalue weighted by atomic mass is 35.5. The van der Waals surface area contributed by atoms with Crippen LogP contribution in [0.4, 0.5) is 16.2 Å². The maximum atomic E-state index is 12.0. The Morgan fingerprint density at radius 1 is 1.04 bits per heavy atom. The van der Waals surface area contributed by atoms with Gasteiger partial charge >= 0.3 is 6.09 Å². The first-order chi connectivity index (χ1) is 11.4. The molecule has 2 rings (SSSR count). The van der Waals surface area contributed by atoms with Crippen LogP contribution in [0.25, 0.3) is 6.08 Å². The van der Waals surface area contributed by atoms with Crippen molar-refractivity contribution < 1.29 is 17.9 Å². The van der Waals surface area contributed by atoms with Crippen LogP contribution < -0.4 is 10.0 Å². The molecule has 6 nitrogen and oxygen atoms in total. The van der Waals surface area contributed by atoms with Crippen LogP contribution in [0, 0.1) is 0 Å². The second-order valence-corrected chi connectivity index (χ2v) is 6.70. The van der Waals surface area contributed by atoms with Gasteiger partial charge in [-0.2, -0.15) is 0 Å². The molecule has 0 saturated carbocycles. The molecule has 0 aromatic heterocycles. The standard InChI is InChI=1S/C16H15ClN2O4S/c1-23-16(20)18-14-6-8-15(9-7-14)19-24(21,22)11-10-12-2-4-13(17)5-3-12/h2-11,19H,1H3,(H,18,20). The third kappa shape index (κ3) is 5.60. The SMILES string of the molecule is COC(=O)Nc1ccc(NS(=O)(=O)C=Cc2ccc(Cl)cc2)cc1. The van der Waals surface area contributed by atoms with Crippen LogP contribution in [0.2, 0.25) is 5.02 Å². The zero-order valence-electron chi connectivity index (χ0n) is 12.7. The molecule has 0 aliphatic carbocycles. The third-order valence-corrected chi connectivity index (χ3v) is 4.15. The molecule has 0 bridgehead atoms. The minimum Gasteiger partial charge on any atom is -0.453 e. The average molecular weight is 367 g/mol. The predicted molar refractivity (Wildman–Crippen MR) is 95.5 cm³/mol. The topological polar surface area (TPSA) is 84.5 Å². The lowest BCUT2D eigenvalue weighted by atomic mass is 10.2. The molecule has 0 radical (unpaired) electrons. The number of amides is 1. The molecule has 0 fully saturated rings. The normalized spacial score (nSPS) is 11.2. The second kappa shape index (κ2) is 7.85. The van der Waals surface area contributed by atoms with E-state index in [4.69, 9.17) is 11.6 Å². The molecular weight excluding hydrogens is 352 g/mol. The number of halogens is 1. The Morgan fingerprint density at radius 3 is 2.21 bits per heavy atom. The van der Waals surface area contributed by atoms with E-state index in [0.29, 0.717) is 22.0 Å². The first-order valence-corrected chi connectivity index (χ1v) is 8.72. The average Bonchev–Trinajstić information content (AvgIpc) is 2.56. The summed E-state index contributed by atoms with van der Waals surface area (Å²) in [6, 6.07) is 12.9.